The van der Waals surface area contributed by atoms with E-state index < -0.39 is 12.0 Å². The van der Waals surface area contributed by atoms with Crippen molar-refractivity contribution in [2.75, 3.05) is 18.1 Å². The first kappa shape index (κ1) is 9.79. The number of nitrogens with one attached hydrogen (secondary N) is 1. The number of phenols is 1. The quantitative estimate of drug-likeness (QED) is 0.648. The van der Waals surface area contributed by atoms with E-state index in [-0.39, 0.29) is 5.75 Å². The molecule has 0 saturated carbocycles. The molecule has 0 spiro atoms. The van der Waals surface area contributed by atoms with Crippen LogP contribution in [-0.2, 0) is 4.79 Å². The van der Waals surface area contributed by atoms with E-state index in [1.54, 1.807) is 29.2 Å². The van der Waals surface area contributed by atoms with Crippen LogP contribution in [0.2, 0.25) is 0 Å². The summed E-state index contributed by atoms with van der Waals surface area (Å²) in [7, 11) is 0. The predicted molar refractivity (Wildman–Crippen MR) is 54.9 cm³/mol. The first-order valence-electron chi connectivity index (χ1n) is 4.68. The van der Waals surface area contributed by atoms with Gasteiger partial charge in [0.05, 0.1) is 12.4 Å². The number of rotatable bonds is 2. The third-order valence-corrected chi connectivity index (χ3v) is 2.47. The van der Waals surface area contributed by atoms with Crippen molar-refractivity contribution in [3.05, 3.63) is 24.3 Å². The maximum absolute atomic E-state index is 10.9. The van der Waals surface area contributed by atoms with E-state index in [1.165, 1.54) is 0 Å². The lowest BCUT2D eigenvalue weighted by atomic mass is 10.2. The van der Waals surface area contributed by atoms with Crippen molar-refractivity contribution in [3.8, 4) is 5.75 Å². The lowest BCUT2D eigenvalue weighted by molar-refractivity contribution is -0.138. The number of carbonyl (C=O) groups is 1. The van der Waals surface area contributed by atoms with Gasteiger partial charge in [-0.15, -0.1) is 0 Å². The molecule has 0 aromatic heterocycles. The molecule has 1 atom stereocenters. The molecule has 0 aliphatic carbocycles. The second kappa shape index (κ2) is 3.78. The molecule has 80 valence electrons. The van der Waals surface area contributed by atoms with Crippen LogP contribution in [0, 0.1) is 0 Å². The Labute approximate surface area is 86.9 Å². The Morgan fingerprint density at radius 1 is 1.47 bits per heavy atom. The average Bonchev–Trinajstić information content (AvgIpc) is 2.67. The molecular weight excluding hydrogens is 196 g/mol. The Bertz CT molecular complexity index is 381. The lowest BCUT2D eigenvalue weighted by Crippen LogP contribution is -2.37. The number of para-hydroxylation sites is 2. The van der Waals surface area contributed by atoms with Crippen molar-refractivity contribution < 1.29 is 15.0 Å². The van der Waals surface area contributed by atoms with Crippen LogP contribution in [0.5, 0.6) is 5.75 Å². The molecule has 1 aromatic carbocycles. The summed E-state index contributed by atoms with van der Waals surface area (Å²) in [5, 5.41) is 21.5. The Morgan fingerprint density at radius 3 is 2.87 bits per heavy atom. The number of aromatic hydroxyl groups is 1. The predicted octanol–water partition coefficient (Wildman–Crippen LogP) is 0.212. The van der Waals surface area contributed by atoms with Gasteiger partial charge in [-0.1, -0.05) is 12.1 Å². The molecule has 1 aromatic rings. The van der Waals surface area contributed by atoms with Gasteiger partial charge in [0.2, 0.25) is 0 Å². The topological polar surface area (TPSA) is 72.8 Å². The van der Waals surface area contributed by atoms with Crippen molar-refractivity contribution in [1.82, 2.24) is 5.32 Å². The van der Waals surface area contributed by atoms with E-state index in [0.717, 1.165) is 0 Å². The SMILES string of the molecule is O=C(O)C1CNCN1c1ccccc1O. The zero-order valence-electron chi connectivity index (χ0n) is 8.05. The molecule has 0 amide bonds. The van der Waals surface area contributed by atoms with Crippen LogP contribution >= 0.6 is 0 Å². The molecule has 1 unspecified atom stereocenters. The minimum absolute atomic E-state index is 0.104. The van der Waals surface area contributed by atoms with Gasteiger partial charge in [-0.05, 0) is 12.1 Å². The van der Waals surface area contributed by atoms with Gasteiger partial charge < -0.3 is 15.1 Å². The summed E-state index contributed by atoms with van der Waals surface area (Å²) in [6, 6.07) is 6.12. The highest BCUT2D eigenvalue weighted by molar-refractivity contribution is 5.80. The number of hydrogen-bond acceptors (Lipinski definition) is 4. The van der Waals surface area contributed by atoms with Gasteiger partial charge in [0, 0.05) is 6.54 Å². The molecule has 1 heterocycles. The van der Waals surface area contributed by atoms with Crippen molar-refractivity contribution in [2.45, 2.75) is 6.04 Å². The monoisotopic (exact) mass is 208 g/mol. The highest BCUT2D eigenvalue weighted by atomic mass is 16.4. The van der Waals surface area contributed by atoms with Crippen molar-refractivity contribution in [2.24, 2.45) is 0 Å². The second-order valence-electron chi connectivity index (χ2n) is 3.42. The fourth-order valence-corrected chi connectivity index (χ4v) is 1.72. The molecule has 1 saturated heterocycles. The number of phenolic OH excluding ortho intramolecular Hbond substituents is 1. The number of hydrogen-bond donors (Lipinski definition) is 3. The molecule has 1 aliphatic heterocycles. The van der Waals surface area contributed by atoms with Crippen LogP contribution < -0.4 is 10.2 Å². The van der Waals surface area contributed by atoms with Crippen LogP contribution in [0.4, 0.5) is 5.69 Å². The van der Waals surface area contributed by atoms with Gasteiger partial charge in [0.25, 0.3) is 0 Å². The Balaban J connectivity index is 2.30. The van der Waals surface area contributed by atoms with E-state index in [2.05, 4.69) is 5.32 Å². The van der Waals surface area contributed by atoms with Gasteiger partial charge >= 0.3 is 5.97 Å². The summed E-state index contributed by atoms with van der Waals surface area (Å²) in [6.45, 7) is 0.832. The number of anilines is 1. The van der Waals surface area contributed by atoms with Crippen molar-refractivity contribution >= 4 is 11.7 Å². The number of carboxylic acids is 1. The summed E-state index contributed by atoms with van der Waals surface area (Å²) >= 11 is 0. The van der Waals surface area contributed by atoms with Crippen LogP contribution in [-0.4, -0.2) is 35.4 Å². The molecule has 1 fully saturated rings. The summed E-state index contributed by atoms with van der Waals surface area (Å²) in [5.74, 6) is -0.782. The standard InChI is InChI=1S/C10H12N2O3/c13-9-4-2-1-3-7(9)12-6-11-5-8(12)10(14)15/h1-4,8,11,13H,5-6H2,(H,14,15). The number of benzene rings is 1. The lowest BCUT2D eigenvalue weighted by Gasteiger charge is -2.23. The molecule has 5 heteroatoms. The Hall–Kier alpha value is -1.75. The minimum atomic E-state index is -0.886. The van der Waals surface area contributed by atoms with E-state index in [9.17, 15) is 9.90 Å². The fourth-order valence-electron chi connectivity index (χ4n) is 1.72. The maximum atomic E-state index is 10.9. The number of nitrogens with zero attached hydrogens (tertiary/aromatic N) is 1. The minimum Gasteiger partial charge on any atom is -0.506 e. The largest absolute Gasteiger partial charge is 0.506 e. The van der Waals surface area contributed by atoms with E-state index in [0.29, 0.717) is 18.9 Å². The zero-order valence-corrected chi connectivity index (χ0v) is 8.05. The van der Waals surface area contributed by atoms with Crippen LogP contribution in [0.15, 0.2) is 24.3 Å². The molecule has 0 bridgehead atoms. The molecule has 0 radical (unpaired) electrons. The molecule has 5 nitrogen and oxygen atoms in total. The van der Waals surface area contributed by atoms with Gasteiger partial charge in [-0.3, -0.25) is 5.32 Å². The Kier molecular flexibility index (Phi) is 2.47. The first-order valence-corrected chi connectivity index (χ1v) is 4.68. The second-order valence-corrected chi connectivity index (χ2v) is 3.42. The normalized spacial score (nSPS) is 20.5. The highest BCUT2D eigenvalue weighted by Crippen LogP contribution is 2.28. The van der Waals surface area contributed by atoms with Crippen molar-refractivity contribution in [3.63, 3.8) is 0 Å². The first-order chi connectivity index (χ1) is 7.20. The van der Waals surface area contributed by atoms with Crippen molar-refractivity contribution in [1.29, 1.82) is 0 Å². The molecule has 1 aliphatic rings. The highest BCUT2D eigenvalue weighted by Gasteiger charge is 2.31. The Morgan fingerprint density at radius 2 is 2.20 bits per heavy atom. The fraction of sp³-hybridized carbons (Fsp3) is 0.300. The molecule has 15 heavy (non-hydrogen) atoms. The number of carboxylic acid groups (broad SMARTS) is 1. The van der Waals surface area contributed by atoms with Gasteiger partial charge in [0.1, 0.15) is 11.8 Å². The average molecular weight is 208 g/mol. The number of aliphatic carboxylic acids is 1. The molecule has 2 rings (SSSR count). The summed E-state index contributed by atoms with van der Waals surface area (Å²) in [6.07, 6.45) is 0. The summed E-state index contributed by atoms with van der Waals surface area (Å²) < 4.78 is 0. The third kappa shape index (κ3) is 1.73. The van der Waals surface area contributed by atoms with Gasteiger partial charge in [-0.2, -0.15) is 0 Å². The molecular formula is C10H12N2O3. The van der Waals surface area contributed by atoms with Crippen LogP contribution in [0.3, 0.4) is 0 Å². The summed E-state index contributed by atoms with van der Waals surface area (Å²) in [5.41, 5.74) is 0.551. The zero-order chi connectivity index (χ0) is 10.8. The van der Waals surface area contributed by atoms with Crippen LogP contribution in [0.25, 0.3) is 0 Å². The van der Waals surface area contributed by atoms with Gasteiger partial charge in [0.15, 0.2) is 0 Å². The van der Waals surface area contributed by atoms with Gasteiger partial charge in [-0.25, -0.2) is 4.79 Å². The maximum Gasteiger partial charge on any atom is 0.327 e. The molecule has 3 N–H and O–H groups in total. The van der Waals surface area contributed by atoms with E-state index >= 15 is 0 Å². The summed E-state index contributed by atoms with van der Waals surface area (Å²) in [4.78, 5) is 12.6. The van der Waals surface area contributed by atoms with E-state index in [4.69, 9.17) is 5.11 Å². The smallest absolute Gasteiger partial charge is 0.327 e. The van der Waals surface area contributed by atoms with E-state index in [1.807, 2.05) is 0 Å². The van der Waals surface area contributed by atoms with Crippen LogP contribution in [0.1, 0.15) is 0 Å². The third-order valence-electron chi connectivity index (χ3n) is 2.47.